The molecule has 0 unspecified atom stereocenters. The van der Waals surface area contributed by atoms with E-state index in [-0.39, 0.29) is 5.69 Å². The molecule has 0 atom stereocenters. The Morgan fingerprint density at radius 2 is 1.96 bits per heavy atom. The average molecular weight is 365 g/mol. The first-order chi connectivity index (χ1) is 12.2. The number of carbonyl (C=O) groups is 1. The highest BCUT2D eigenvalue weighted by molar-refractivity contribution is 5.65. The Kier molecular flexibility index (Phi) is 6.36. The van der Waals surface area contributed by atoms with Crippen LogP contribution in [0.1, 0.15) is 27.2 Å². The van der Waals surface area contributed by atoms with Gasteiger partial charge in [0.05, 0.1) is 4.92 Å². The highest BCUT2D eigenvalue weighted by Gasteiger charge is 2.26. The molecule has 9 nitrogen and oxygen atoms in total. The number of nitrogens with zero attached hydrogens (tertiary/aromatic N) is 5. The molecule has 0 aliphatic carbocycles. The summed E-state index contributed by atoms with van der Waals surface area (Å²) in [6, 6.07) is 3.16. The minimum atomic E-state index is -0.883. The van der Waals surface area contributed by atoms with Crippen molar-refractivity contribution >= 4 is 17.6 Å². The van der Waals surface area contributed by atoms with Crippen molar-refractivity contribution in [3.8, 4) is 0 Å². The molecule has 1 saturated heterocycles. The summed E-state index contributed by atoms with van der Waals surface area (Å²) in [5.74, 6) is 0.750. The van der Waals surface area contributed by atoms with Gasteiger partial charge in [-0.05, 0) is 39.8 Å². The SMILES string of the molecule is CC(C)(C)N(CCCN1CCN(c2ccc([N+](=O)[O-])cn2)CC1)C(=O)O. The van der Waals surface area contributed by atoms with Crippen molar-refractivity contribution in [2.75, 3.05) is 44.2 Å². The lowest BCUT2D eigenvalue weighted by atomic mass is 10.1. The van der Waals surface area contributed by atoms with Crippen LogP contribution in [0.3, 0.4) is 0 Å². The van der Waals surface area contributed by atoms with Crippen molar-refractivity contribution in [1.29, 1.82) is 0 Å². The predicted molar refractivity (Wildman–Crippen MR) is 98.6 cm³/mol. The fourth-order valence-electron chi connectivity index (χ4n) is 3.04. The zero-order chi connectivity index (χ0) is 19.3. The molecule has 144 valence electrons. The van der Waals surface area contributed by atoms with Gasteiger partial charge in [0, 0.05) is 44.3 Å². The van der Waals surface area contributed by atoms with Crippen LogP contribution in [-0.4, -0.2) is 75.7 Å². The third-order valence-electron chi connectivity index (χ3n) is 4.54. The zero-order valence-electron chi connectivity index (χ0n) is 15.6. The van der Waals surface area contributed by atoms with Crippen LogP contribution in [-0.2, 0) is 0 Å². The Balaban J connectivity index is 1.78. The van der Waals surface area contributed by atoms with Crippen molar-refractivity contribution < 1.29 is 14.8 Å². The average Bonchev–Trinajstić information content (AvgIpc) is 2.58. The molecule has 1 N–H and O–H groups in total. The van der Waals surface area contributed by atoms with Crippen LogP contribution < -0.4 is 4.90 Å². The number of rotatable bonds is 6. The molecule has 0 bridgehead atoms. The van der Waals surface area contributed by atoms with E-state index in [0.29, 0.717) is 6.54 Å². The zero-order valence-corrected chi connectivity index (χ0v) is 15.6. The molecule has 1 aliphatic rings. The van der Waals surface area contributed by atoms with Crippen LogP contribution >= 0.6 is 0 Å². The fourth-order valence-corrected chi connectivity index (χ4v) is 3.04. The Hall–Kier alpha value is -2.42. The molecule has 0 spiro atoms. The van der Waals surface area contributed by atoms with Gasteiger partial charge in [-0.3, -0.25) is 15.0 Å². The molecular weight excluding hydrogens is 338 g/mol. The summed E-state index contributed by atoms with van der Waals surface area (Å²) in [6.45, 7) is 10.4. The van der Waals surface area contributed by atoms with E-state index in [0.717, 1.165) is 45.0 Å². The third-order valence-corrected chi connectivity index (χ3v) is 4.54. The molecule has 26 heavy (non-hydrogen) atoms. The number of hydrogen-bond donors (Lipinski definition) is 1. The standard InChI is InChI=1S/C17H27N5O4/c1-17(2,3)21(16(23)24)8-4-7-19-9-11-20(12-10-19)15-6-5-14(13-18-15)22(25)26/h5-6,13H,4,7-12H2,1-3H3,(H,23,24). The van der Waals surface area contributed by atoms with Gasteiger partial charge in [-0.1, -0.05) is 0 Å². The molecule has 1 fully saturated rings. The van der Waals surface area contributed by atoms with Crippen LogP contribution in [0.15, 0.2) is 18.3 Å². The lowest BCUT2D eigenvalue weighted by Gasteiger charge is -2.37. The van der Waals surface area contributed by atoms with Crippen LogP contribution in [0.2, 0.25) is 0 Å². The Morgan fingerprint density at radius 1 is 1.31 bits per heavy atom. The Morgan fingerprint density at radius 3 is 2.42 bits per heavy atom. The molecule has 2 rings (SSSR count). The van der Waals surface area contributed by atoms with Crippen molar-refractivity contribution in [3.05, 3.63) is 28.4 Å². The summed E-state index contributed by atoms with van der Waals surface area (Å²) >= 11 is 0. The molecule has 0 saturated carbocycles. The van der Waals surface area contributed by atoms with E-state index in [2.05, 4.69) is 14.8 Å². The highest BCUT2D eigenvalue weighted by atomic mass is 16.6. The van der Waals surface area contributed by atoms with Gasteiger partial charge < -0.3 is 14.9 Å². The van der Waals surface area contributed by atoms with Gasteiger partial charge in [-0.15, -0.1) is 0 Å². The van der Waals surface area contributed by atoms with Gasteiger partial charge in [0.25, 0.3) is 5.69 Å². The second-order valence-corrected chi connectivity index (χ2v) is 7.42. The number of piperazine rings is 1. The number of nitro groups is 1. The number of anilines is 1. The number of pyridine rings is 1. The summed E-state index contributed by atoms with van der Waals surface area (Å²) in [5.41, 5.74) is -0.402. The molecule has 0 radical (unpaired) electrons. The summed E-state index contributed by atoms with van der Waals surface area (Å²) < 4.78 is 0. The molecule has 1 aromatic rings. The van der Waals surface area contributed by atoms with Crippen molar-refractivity contribution in [2.45, 2.75) is 32.7 Å². The molecule has 1 aliphatic heterocycles. The van der Waals surface area contributed by atoms with E-state index in [9.17, 15) is 20.0 Å². The largest absolute Gasteiger partial charge is 0.465 e. The van der Waals surface area contributed by atoms with Gasteiger partial charge >= 0.3 is 6.09 Å². The van der Waals surface area contributed by atoms with E-state index >= 15 is 0 Å². The Bertz CT molecular complexity index is 621. The van der Waals surface area contributed by atoms with Crippen LogP contribution in [0.4, 0.5) is 16.3 Å². The van der Waals surface area contributed by atoms with E-state index in [1.165, 1.54) is 17.2 Å². The van der Waals surface area contributed by atoms with Crippen LogP contribution in [0.25, 0.3) is 0 Å². The maximum absolute atomic E-state index is 11.4. The predicted octanol–water partition coefficient (Wildman–Crippen LogP) is 2.28. The van der Waals surface area contributed by atoms with Crippen LogP contribution in [0, 0.1) is 10.1 Å². The first-order valence-corrected chi connectivity index (χ1v) is 8.77. The fraction of sp³-hybridized carbons (Fsp3) is 0.647. The van der Waals surface area contributed by atoms with Gasteiger partial charge in [0.15, 0.2) is 0 Å². The van der Waals surface area contributed by atoms with E-state index < -0.39 is 16.6 Å². The normalized spacial score (nSPS) is 15.7. The molecular formula is C17H27N5O4. The number of aromatic nitrogens is 1. The van der Waals surface area contributed by atoms with Crippen molar-refractivity contribution in [1.82, 2.24) is 14.8 Å². The lowest BCUT2D eigenvalue weighted by Crippen LogP contribution is -2.49. The van der Waals surface area contributed by atoms with Gasteiger partial charge in [0.1, 0.15) is 12.0 Å². The first kappa shape index (κ1) is 19.9. The van der Waals surface area contributed by atoms with E-state index in [1.54, 1.807) is 6.07 Å². The maximum Gasteiger partial charge on any atom is 0.407 e. The minimum absolute atomic E-state index is 0.00535. The third kappa shape index (κ3) is 5.29. The number of hydrogen-bond acceptors (Lipinski definition) is 6. The smallest absolute Gasteiger partial charge is 0.407 e. The topological polar surface area (TPSA) is 103 Å². The quantitative estimate of drug-likeness (QED) is 0.609. The monoisotopic (exact) mass is 365 g/mol. The first-order valence-electron chi connectivity index (χ1n) is 8.77. The van der Waals surface area contributed by atoms with E-state index in [1.807, 2.05) is 20.8 Å². The second kappa shape index (κ2) is 8.31. The summed E-state index contributed by atoms with van der Waals surface area (Å²) in [4.78, 5) is 31.7. The van der Waals surface area contributed by atoms with Gasteiger partial charge in [-0.2, -0.15) is 0 Å². The molecule has 1 amide bonds. The van der Waals surface area contributed by atoms with Crippen molar-refractivity contribution in [3.63, 3.8) is 0 Å². The van der Waals surface area contributed by atoms with Crippen LogP contribution in [0.5, 0.6) is 0 Å². The van der Waals surface area contributed by atoms with E-state index in [4.69, 9.17) is 0 Å². The number of carboxylic acid groups (broad SMARTS) is 1. The molecule has 1 aromatic heterocycles. The molecule has 0 aromatic carbocycles. The summed E-state index contributed by atoms with van der Waals surface area (Å²) in [7, 11) is 0. The van der Waals surface area contributed by atoms with Crippen molar-refractivity contribution in [2.24, 2.45) is 0 Å². The maximum atomic E-state index is 11.4. The second-order valence-electron chi connectivity index (χ2n) is 7.42. The minimum Gasteiger partial charge on any atom is -0.465 e. The highest BCUT2D eigenvalue weighted by Crippen LogP contribution is 2.18. The molecule has 9 heteroatoms. The summed E-state index contributed by atoms with van der Waals surface area (Å²) in [6.07, 6.45) is 1.19. The Labute approximate surface area is 153 Å². The number of amides is 1. The van der Waals surface area contributed by atoms with Gasteiger partial charge in [-0.25, -0.2) is 9.78 Å². The lowest BCUT2D eigenvalue weighted by molar-refractivity contribution is -0.385. The summed E-state index contributed by atoms with van der Waals surface area (Å²) in [5, 5.41) is 20.0. The van der Waals surface area contributed by atoms with Gasteiger partial charge in [0.2, 0.25) is 0 Å². The molecule has 2 heterocycles.